The molecule has 0 amide bonds. The van der Waals surface area contributed by atoms with Crippen LogP contribution in [0.4, 0.5) is 0 Å². The lowest BCUT2D eigenvalue weighted by atomic mass is 9.67. The van der Waals surface area contributed by atoms with E-state index in [4.69, 9.17) is 0 Å². The largest absolute Gasteiger partial charge is 0.241 e. The first kappa shape index (κ1) is 15.0. The molecule has 1 aromatic heterocycles. The van der Waals surface area contributed by atoms with Gasteiger partial charge in [0.25, 0.3) is 0 Å². The molecule has 108 valence electrons. The number of nitrogens with zero attached hydrogens (tertiary/aromatic N) is 3. The van der Waals surface area contributed by atoms with Gasteiger partial charge in [0.15, 0.2) is 0 Å². The van der Waals surface area contributed by atoms with Gasteiger partial charge in [-0.3, -0.25) is 0 Å². The number of aryl methyl sites for hydroxylation is 1. The van der Waals surface area contributed by atoms with Gasteiger partial charge in [-0.15, -0.1) is 0 Å². The first-order valence-corrected chi connectivity index (χ1v) is 7.96. The average molecular weight is 271 g/mol. The molecule has 3 nitrogen and oxygen atoms in total. The topological polar surface area (TPSA) is 49.6 Å². The van der Waals surface area contributed by atoms with E-state index in [1.54, 1.807) is 0 Å². The van der Waals surface area contributed by atoms with Crippen molar-refractivity contribution in [3.8, 4) is 6.07 Å². The maximum Gasteiger partial charge on any atom is 0.128 e. The zero-order valence-corrected chi connectivity index (χ0v) is 12.7. The molecule has 0 aliphatic heterocycles. The minimum Gasteiger partial charge on any atom is -0.241 e. The van der Waals surface area contributed by atoms with Crippen LogP contribution in [-0.2, 0) is 11.8 Å². The van der Waals surface area contributed by atoms with Gasteiger partial charge in [-0.05, 0) is 38.0 Å². The Morgan fingerprint density at radius 3 is 2.35 bits per heavy atom. The summed E-state index contributed by atoms with van der Waals surface area (Å²) in [4.78, 5) is 8.86. The molecule has 1 fully saturated rings. The lowest BCUT2D eigenvalue weighted by molar-refractivity contribution is 0.264. The monoisotopic (exact) mass is 271 g/mol. The molecule has 0 radical (unpaired) electrons. The molecule has 1 aliphatic carbocycles. The highest BCUT2D eigenvalue weighted by Gasteiger charge is 2.37. The van der Waals surface area contributed by atoms with E-state index in [0.717, 1.165) is 55.8 Å². The van der Waals surface area contributed by atoms with Gasteiger partial charge < -0.3 is 0 Å². The number of hydrogen-bond donors (Lipinski definition) is 0. The molecule has 1 aliphatic rings. The minimum absolute atomic E-state index is 0.338. The van der Waals surface area contributed by atoms with Crippen molar-refractivity contribution in [2.75, 3.05) is 0 Å². The van der Waals surface area contributed by atoms with Crippen LogP contribution in [-0.4, -0.2) is 9.97 Å². The summed E-state index contributed by atoms with van der Waals surface area (Å²) in [5.74, 6) is 1.70. The van der Waals surface area contributed by atoms with Crippen molar-refractivity contribution in [2.45, 2.75) is 70.6 Å². The molecule has 20 heavy (non-hydrogen) atoms. The third kappa shape index (κ3) is 3.17. The molecule has 0 saturated heterocycles. The van der Waals surface area contributed by atoms with Crippen molar-refractivity contribution in [1.29, 1.82) is 5.26 Å². The molecule has 0 N–H and O–H groups in total. The van der Waals surface area contributed by atoms with Crippen LogP contribution in [0.15, 0.2) is 12.4 Å². The summed E-state index contributed by atoms with van der Waals surface area (Å²) in [5, 5.41) is 9.68. The fourth-order valence-corrected chi connectivity index (χ4v) is 3.29. The molecule has 1 saturated carbocycles. The Balaban J connectivity index is 2.10. The first-order valence-electron chi connectivity index (χ1n) is 7.96. The van der Waals surface area contributed by atoms with Crippen LogP contribution >= 0.6 is 0 Å². The summed E-state index contributed by atoms with van der Waals surface area (Å²) in [6.45, 7) is 4.37. The third-order valence-electron chi connectivity index (χ3n) is 4.60. The number of rotatable bonds is 5. The average Bonchev–Trinajstić information content (AvgIpc) is 2.50. The second-order valence-electron chi connectivity index (χ2n) is 6.06. The second kappa shape index (κ2) is 6.83. The van der Waals surface area contributed by atoms with Gasteiger partial charge in [-0.2, -0.15) is 5.26 Å². The minimum atomic E-state index is -0.338. The maximum atomic E-state index is 9.68. The van der Waals surface area contributed by atoms with Crippen LogP contribution in [0.5, 0.6) is 0 Å². The molecule has 0 atom stereocenters. The lowest BCUT2D eigenvalue weighted by Gasteiger charge is -2.34. The summed E-state index contributed by atoms with van der Waals surface area (Å²) < 4.78 is 0. The predicted octanol–water partition coefficient (Wildman–Crippen LogP) is 4.18. The highest BCUT2D eigenvalue weighted by Crippen LogP contribution is 2.42. The molecule has 0 unspecified atom stereocenters. The molecule has 0 spiro atoms. The lowest BCUT2D eigenvalue weighted by Crippen LogP contribution is -2.30. The van der Waals surface area contributed by atoms with Crippen molar-refractivity contribution in [3.05, 3.63) is 23.8 Å². The van der Waals surface area contributed by atoms with Gasteiger partial charge in [0.1, 0.15) is 5.82 Å². The molecule has 0 aromatic carbocycles. The fraction of sp³-hybridized carbons (Fsp3) is 0.706. The van der Waals surface area contributed by atoms with E-state index in [1.165, 1.54) is 12.8 Å². The van der Waals surface area contributed by atoms with Crippen LogP contribution < -0.4 is 0 Å². The Labute approximate surface area is 122 Å². The van der Waals surface area contributed by atoms with E-state index >= 15 is 0 Å². The summed E-state index contributed by atoms with van der Waals surface area (Å²) >= 11 is 0. The Morgan fingerprint density at radius 1 is 1.20 bits per heavy atom. The van der Waals surface area contributed by atoms with Crippen molar-refractivity contribution in [2.24, 2.45) is 5.92 Å². The first-order chi connectivity index (χ1) is 9.74. The van der Waals surface area contributed by atoms with E-state index < -0.39 is 0 Å². The summed E-state index contributed by atoms with van der Waals surface area (Å²) in [6, 6.07) is 2.57. The standard InChI is InChI=1S/C17H25N3/c1-3-5-14-7-9-17(13-18,10-8-14)15-11-19-16(6-4-2)20-12-15/h11-12,14H,3-10H2,1-2H3. The van der Waals surface area contributed by atoms with E-state index in [1.807, 2.05) is 12.4 Å². The normalized spacial score (nSPS) is 26.1. The molecular weight excluding hydrogens is 246 g/mol. The number of aromatic nitrogens is 2. The number of nitriles is 1. The van der Waals surface area contributed by atoms with E-state index in [9.17, 15) is 5.26 Å². The summed E-state index contributed by atoms with van der Waals surface area (Å²) in [6.07, 6.45) is 12.6. The molecule has 1 aromatic rings. The van der Waals surface area contributed by atoms with Gasteiger partial charge in [0.05, 0.1) is 11.5 Å². The van der Waals surface area contributed by atoms with Crippen molar-refractivity contribution >= 4 is 0 Å². The van der Waals surface area contributed by atoms with Crippen LogP contribution in [0.3, 0.4) is 0 Å². The Bertz CT molecular complexity index is 450. The number of hydrogen-bond acceptors (Lipinski definition) is 3. The van der Waals surface area contributed by atoms with Gasteiger partial charge in [0.2, 0.25) is 0 Å². The van der Waals surface area contributed by atoms with Gasteiger partial charge in [-0.25, -0.2) is 9.97 Å². The smallest absolute Gasteiger partial charge is 0.128 e. The van der Waals surface area contributed by atoms with Gasteiger partial charge in [0, 0.05) is 24.4 Å². The van der Waals surface area contributed by atoms with Crippen molar-refractivity contribution in [1.82, 2.24) is 9.97 Å². The van der Waals surface area contributed by atoms with E-state index in [-0.39, 0.29) is 5.41 Å². The highest BCUT2D eigenvalue weighted by molar-refractivity contribution is 5.29. The highest BCUT2D eigenvalue weighted by atomic mass is 14.9. The van der Waals surface area contributed by atoms with Crippen molar-refractivity contribution in [3.63, 3.8) is 0 Å². The predicted molar refractivity (Wildman–Crippen MR) is 80.2 cm³/mol. The quantitative estimate of drug-likeness (QED) is 0.807. The molecular formula is C17H25N3. The van der Waals surface area contributed by atoms with Crippen molar-refractivity contribution < 1.29 is 0 Å². The van der Waals surface area contributed by atoms with E-state index in [2.05, 4.69) is 29.9 Å². The molecule has 3 heteroatoms. The second-order valence-corrected chi connectivity index (χ2v) is 6.06. The maximum absolute atomic E-state index is 9.68. The Hall–Kier alpha value is -1.43. The Morgan fingerprint density at radius 2 is 1.85 bits per heavy atom. The van der Waals surface area contributed by atoms with Gasteiger partial charge >= 0.3 is 0 Å². The third-order valence-corrected chi connectivity index (χ3v) is 4.60. The zero-order chi connectivity index (χ0) is 14.4. The zero-order valence-electron chi connectivity index (χ0n) is 12.7. The summed E-state index contributed by atoms with van der Waals surface area (Å²) in [5.41, 5.74) is 0.685. The van der Waals surface area contributed by atoms with Crippen LogP contribution in [0.25, 0.3) is 0 Å². The molecule has 2 rings (SSSR count). The SMILES string of the molecule is CCCc1ncc(C2(C#N)CCC(CCC)CC2)cn1. The fourth-order valence-electron chi connectivity index (χ4n) is 3.29. The molecule has 0 bridgehead atoms. The summed E-state index contributed by atoms with van der Waals surface area (Å²) in [7, 11) is 0. The van der Waals surface area contributed by atoms with Gasteiger partial charge in [-0.1, -0.05) is 26.7 Å². The van der Waals surface area contributed by atoms with E-state index in [0.29, 0.717) is 0 Å². The van der Waals surface area contributed by atoms with Crippen LogP contribution in [0.2, 0.25) is 0 Å². The molecule has 1 heterocycles. The van der Waals surface area contributed by atoms with Crippen LogP contribution in [0.1, 0.15) is 70.2 Å². The van der Waals surface area contributed by atoms with Crippen LogP contribution in [0, 0.1) is 17.2 Å². The Kier molecular flexibility index (Phi) is 5.11.